The molecular formula is C16H22BrNO4. The van der Waals surface area contributed by atoms with Crippen molar-refractivity contribution in [1.82, 2.24) is 4.90 Å². The first kappa shape index (κ1) is 17.1. The van der Waals surface area contributed by atoms with Crippen molar-refractivity contribution in [3.63, 3.8) is 0 Å². The van der Waals surface area contributed by atoms with E-state index in [4.69, 9.17) is 9.47 Å². The van der Waals surface area contributed by atoms with Gasteiger partial charge in [0.25, 0.3) is 0 Å². The van der Waals surface area contributed by atoms with Gasteiger partial charge in [-0.25, -0.2) is 0 Å². The molecule has 5 nitrogen and oxygen atoms in total. The van der Waals surface area contributed by atoms with Crippen molar-refractivity contribution in [3.05, 3.63) is 22.2 Å². The number of likely N-dealkylation sites (N-methyl/N-ethyl adjacent to an activating group) is 1. The van der Waals surface area contributed by atoms with Gasteiger partial charge in [-0.3, -0.25) is 9.69 Å². The Morgan fingerprint density at radius 2 is 2.09 bits per heavy atom. The van der Waals surface area contributed by atoms with Gasteiger partial charge in [0.1, 0.15) is 6.10 Å². The second kappa shape index (κ2) is 6.46. The zero-order valence-corrected chi connectivity index (χ0v) is 14.9. The molecule has 0 spiro atoms. The molecule has 0 saturated carbocycles. The predicted octanol–water partition coefficient (Wildman–Crippen LogP) is 2.90. The molecule has 0 unspecified atom stereocenters. The molecule has 6 heteroatoms. The molecule has 1 fully saturated rings. The van der Waals surface area contributed by atoms with Crippen LogP contribution in [-0.2, 0) is 10.2 Å². The highest BCUT2D eigenvalue weighted by Gasteiger charge is 2.33. The van der Waals surface area contributed by atoms with Crippen LogP contribution in [0.25, 0.3) is 0 Å². The van der Waals surface area contributed by atoms with Crippen molar-refractivity contribution < 1.29 is 19.4 Å². The van der Waals surface area contributed by atoms with Crippen LogP contribution in [0.1, 0.15) is 25.8 Å². The molecule has 1 heterocycles. The summed E-state index contributed by atoms with van der Waals surface area (Å²) in [5.41, 5.74) is 0.282. The molecule has 0 radical (unpaired) electrons. The zero-order chi connectivity index (χ0) is 16.5. The number of hydrogen-bond donors (Lipinski definition) is 1. The standard InChI is InChI=1S/C16H22BrNO4/c1-16(2,7-14(19)20)12-5-10(17)6-13(21-4)15(12)22-11-8-18(3)9-11/h5-6,11H,7-9H2,1-4H3,(H,19,20). The fourth-order valence-electron chi connectivity index (χ4n) is 2.70. The van der Waals surface area contributed by atoms with Crippen molar-refractivity contribution in [1.29, 1.82) is 0 Å². The van der Waals surface area contributed by atoms with E-state index in [1.165, 1.54) is 0 Å². The van der Waals surface area contributed by atoms with Crippen LogP contribution < -0.4 is 9.47 Å². The molecule has 0 atom stereocenters. The Morgan fingerprint density at radius 1 is 1.45 bits per heavy atom. The molecule has 1 aromatic rings. The molecule has 22 heavy (non-hydrogen) atoms. The van der Waals surface area contributed by atoms with Crippen LogP contribution in [0.5, 0.6) is 11.5 Å². The molecule has 0 aliphatic carbocycles. The monoisotopic (exact) mass is 371 g/mol. The van der Waals surface area contributed by atoms with E-state index >= 15 is 0 Å². The maximum atomic E-state index is 11.2. The van der Waals surface area contributed by atoms with Crippen LogP contribution in [0.2, 0.25) is 0 Å². The van der Waals surface area contributed by atoms with Crippen LogP contribution in [0.4, 0.5) is 0 Å². The number of carboxylic acids is 1. The molecule has 1 aliphatic heterocycles. The third-order valence-electron chi connectivity index (χ3n) is 3.88. The van der Waals surface area contributed by atoms with Crippen molar-refractivity contribution in [2.75, 3.05) is 27.2 Å². The van der Waals surface area contributed by atoms with Crippen molar-refractivity contribution in [2.45, 2.75) is 31.8 Å². The van der Waals surface area contributed by atoms with E-state index in [1.54, 1.807) is 7.11 Å². The van der Waals surface area contributed by atoms with Gasteiger partial charge >= 0.3 is 5.97 Å². The second-order valence-electron chi connectivity index (χ2n) is 6.40. The van der Waals surface area contributed by atoms with E-state index in [0.717, 1.165) is 23.1 Å². The van der Waals surface area contributed by atoms with Gasteiger partial charge in [0, 0.05) is 28.5 Å². The lowest BCUT2D eigenvalue weighted by Gasteiger charge is -2.38. The molecule has 1 aliphatic rings. The van der Waals surface area contributed by atoms with Gasteiger partial charge in [-0.05, 0) is 19.2 Å². The summed E-state index contributed by atoms with van der Waals surface area (Å²) in [6, 6.07) is 3.77. The third kappa shape index (κ3) is 3.73. The number of rotatable bonds is 6. The van der Waals surface area contributed by atoms with E-state index < -0.39 is 11.4 Å². The molecule has 0 bridgehead atoms. The summed E-state index contributed by atoms with van der Waals surface area (Å²) < 4.78 is 12.4. The number of ether oxygens (including phenoxy) is 2. The van der Waals surface area contributed by atoms with E-state index in [0.29, 0.717) is 11.5 Å². The first-order valence-electron chi connectivity index (χ1n) is 7.18. The van der Waals surface area contributed by atoms with Crippen molar-refractivity contribution in [2.24, 2.45) is 0 Å². The quantitative estimate of drug-likeness (QED) is 0.832. The lowest BCUT2D eigenvalue weighted by atomic mass is 9.81. The normalized spacial score (nSPS) is 16.2. The Bertz CT molecular complexity index is 568. The van der Waals surface area contributed by atoms with Gasteiger partial charge in [-0.15, -0.1) is 0 Å². The third-order valence-corrected chi connectivity index (χ3v) is 4.33. The maximum absolute atomic E-state index is 11.2. The molecule has 2 rings (SSSR count). The molecule has 0 aromatic heterocycles. The fourth-order valence-corrected chi connectivity index (χ4v) is 3.14. The number of benzene rings is 1. The summed E-state index contributed by atoms with van der Waals surface area (Å²) in [5.74, 6) is 0.436. The molecule has 1 saturated heterocycles. The van der Waals surface area contributed by atoms with E-state index in [2.05, 4.69) is 20.8 Å². The summed E-state index contributed by atoms with van der Waals surface area (Å²) >= 11 is 3.46. The molecular weight excluding hydrogens is 350 g/mol. The Kier molecular flexibility index (Phi) is 5.02. The van der Waals surface area contributed by atoms with E-state index in [-0.39, 0.29) is 12.5 Å². The van der Waals surface area contributed by atoms with Gasteiger partial charge < -0.3 is 14.6 Å². The fraction of sp³-hybridized carbons (Fsp3) is 0.562. The predicted molar refractivity (Wildman–Crippen MR) is 87.9 cm³/mol. The average molecular weight is 372 g/mol. The average Bonchev–Trinajstić information content (AvgIpc) is 2.36. The summed E-state index contributed by atoms with van der Waals surface area (Å²) in [5, 5.41) is 9.18. The number of likely N-dealkylation sites (tertiary alicyclic amines) is 1. The highest BCUT2D eigenvalue weighted by molar-refractivity contribution is 9.10. The number of aliphatic carboxylic acids is 1. The van der Waals surface area contributed by atoms with Gasteiger partial charge in [-0.2, -0.15) is 0 Å². The summed E-state index contributed by atoms with van der Waals surface area (Å²) in [6.07, 6.45) is 0.132. The SMILES string of the molecule is COc1cc(Br)cc(C(C)(C)CC(=O)O)c1OC1CN(C)C1. The smallest absolute Gasteiger partial charge is 0.304 e. The minimum Gasteiger partial charge on any atom is -0.493 e. The minimum absolute atomic E-state index is 0.0214. The topological polar surface area (TPSA) is 59.0 Å². The Hall–Kier alpha value is -1.27. The summed E-state index contributed by atoms with van der Waals surface area (Å²) in [7, 11) is 3.63. The van der Waals surface area contributed by atoms with Gasteiger partial charge in [0.2, 0.25) is 0 Å². The first-order valence-corrected chi connectivity index (χ1v) is 7.97. The summed E-state index contributed by atoms with van der Waals surface area (Å²) in [4.78, 5) is 13.3. The number of carbonyl (C=O) groups is 1. The summed E-state index contributed by atoms with van der Waals surface area (Å²) in [6.45, 7) is 5.53. The lowest BCUT2D eigenvalue weighted by Crippen LogP contribution is -2.51. The molecule has 0 amide bonds. The first-order chi connectivity index (χ1) is 10.2. The minimum atomic E-state index is -0.835. The zero-order valence-electron chi connectivity index (χ0n) is 13.4. The van der Waals surface area contributed by atoms with E-state index in [1.807, 2.05) is 33.0 Å². The van der Waals surface area contributed by atoms with Gasteiger partial charge in [-0.1, -0.05) is 29.8 Å². The van der Waals surface area contributed by atoms with Crippen LogP contribution >= 0.6 is 15.9 Å². The number of hydrogen-bond acceptors (Lipinski definition) is 4. The highest BCUT2D eigenvalue weighted by Crippen LogP contribution is 2.43. The van der Waals surface area contributed by atoms with Gasteiger partial charge in [0.15, 0.2) is 11.5 Å². The van der Waals surface area contributed by atoms with Crippen LogP contribution in [-0.4, -0.2) is 49.3 Å². The van der Waals surface area contributed by atoms with E-state index in [9.17, 15) is 9.90 Å². The largest absolute Gasteiger partial charge is 0.493 e. The Balaban J connectivity index is 2.41. The van der Waals surface area contributed by atoms with Gasteiger partial charge in [0.05, 0.1) is 13.5 Å². The number of nitrogens with zero attached hydrogens (tertiary/aromatic N) is 1. The molecule has 122 valence electrons. The second-order valence-corrected chi connectivity index (χ2v) is 7.32. The van der Waals surface area contributed by atoms with Crippen molar-refractivity contribution in [3.8, 4) is 11.5 Å². The number of carboxylic acid groups (broad SMARTS) is 1. The van der Waals surface area contributed by atoms with Crippen LogP contribution in [0, 0.1) is 0 Å². The molecule has 1 N–H and O–H groups in total. The lowest BCUT2D eigenvalue weighted by molar-refractivity contribution is -0.138. The number of halogens is 1. The van der Waals surface area contributed by atoms with Crippen LogP contribution in [0.3, 0.4) is 0 Å². The van der Waals surface area contributed by atoms with Crippen molar-refractivity contribution >= 4 is 21.9 Å². The molecule has 1 aromatic carbocycles. The Labute approximate surface area is 139 Å². The Morgan fingerprint density at radius 3 is 2.59 bits per heavy atom. The van der Waals surface area contributed by atoms with Crippen LogP contribution in [0.15, 0.2) is 16.6 Å². The number of methoxy groups -OCH3 is 1. The highest BCUT2D eigenvalue weighted by atomic mass is 79.9. The maximum Gasteiger partial charge on any atom is 0.304 e.